The molecule has 0 fully saturated rings. The molecule has 2 aromatic carbocycles. The van der Waals surface area contributed by atoms with Crippen molar-refractivity contribution in [2.24, 2.45) is 0 Å². The zero-order chi connectivity index (χ0) is 19.2. The van der Waals surface area contributed by atoms with Crippen LogP contribution in [0.2, 0.25) is 10.0 Å². The molecule has 1 heterocycles. The summed E-state index contributed by atoms with van der Waals surface area (Å²) in [5.41, 5.74) is 3.07. The van der Waals surface area contributed by atoms with Gasteiger partial charge in [0.1, 0.15) is 0 Å². The summed E-state index contributed by atoms with van der Waals surface area (Å²) in [5.74, 6) is -0.134. The number of methoxy groups -OCH3 is 1. The number of amides is 1. The van der Waals surface area contributed by atoms with Crippen molar-refractivity contribution in [1.29, 1.82) is 0 Å². The molecule has 1 aromatic heterocycles. The molecule has 1 atom stereocenters. The van der Waals surface area contributed by atoms with Crippen molar-refractivity contribution in [3.8, 4) is 0 Å². The summed E-state index contributed by atoms with van der Waals surface area (Å²) < 4.78 is 5.02. The van der Waals surface area contributed by atoms with Gasteiger partial charge in [-0.3, -0.25) is 4.79 Å². The second-order valence-corrected chi connectivity index (χ2v) is 7.23. The second kappa shape index (κ2) is 9.27. The summed E-state index contributed by atoms with van der Waals surface area (Å²) in [5, 5.41) is 5.05. The molecular formula is C21H22Cl2N2O2. The number of H-pyrrole nitrogens is 1. The van der Waals surface area contributed by atoms with Crippen LogP contribution in [0.1, 0.15) is 29.9 Å². The van der Waals surface area contributed by atoms with E-state index in [1.807, 2.05) is 36.5 Å². The number of aromatic nitrogens is 1. The molecule has 0 unspecified atom stereocenters. The number of halogens is 2. The first-order chi connectivity index (χ1) is 13.1. The topological polar surface area (TPSA) is 54.1 Å². The highest BCUT2D eigenvalue weighted by Gasteiger charge is 2.22. The molecule has 0 aliphatic rings. The lowest BCUT2D eigenvalue weighted by Gasteiger charge is -2.18. The SMILES string of the molecule is COCCCNC(=O)C[C@@H](c1ccc(Cl)c(Cl)c1)c1c[nH]c2ccccc12. The lowest BCUT2D eigenvalue weighted by molar-refractivity contribution is -0.121. The Hall–Kier alpha value is -2.01. The molecule has 0 saturated carbocycles. The number of para-hydroxylation sites is 1. The minimum Gasteiger partial charge on any atom is -0.385 e. The number of ether oxygens (including phenoxy) is 1. The van der Waals surface area contributed by atoms with Crippen molar-refractivity contribution in [3.05, 3.63) is 69.8 Å². The highest BCUT2D eigenvalue weighted by atomic mass is 35.5. The normalized spacial score (nSPS) is 12.3. The number of fused-ring (bicyclic) bond motifs is 1. The lowest BCUT2D eigenvalue weighted by Crippen LogP contribution is -2.27. The van der Waals surface area contributed by atoms with Crippen LogP contribution in [-0.4, -0.2) is 31.2 Å². The van der Waals surface area contributed by atoms with Gasteiger partial charge in [-0.15, -0.1) is 0 Å². The van der Waals surface area contributed by atoms with Crippen LogP contribution in [0.25, 0.3) is 10.9 Å². The van der Waals surface area contributed by atoms with E-state index in [2.05, 4.69) is 16.4 Å². The average Bonchev–Trinajstić information content (AvgIpc) is 3.09. The summed E-state index contributed by atoms with van der Waals surface area (Å²) in [7, 11) is 1.65. The summed E-state index contributed by atoms with van der Waals surface area (Å²) in [6.45, 7) is 1.22. The molecule has 6 heteroatoms. The Kier molecular flexibility index (Phi) is 6.78. The molecule has 4 nitrogen and oxygen atoms in total. The molecule has 0 spiro atoms. The Morgan fingerprint density at radius 1 is 1.19 bits per heavy atom. The van der Waals surface area contributed by atoms with Crippen LogP contribution in [0, 0.1) is 0 Å². The summed E-state index contributed by atoms with van der Waals surface area (Å²) in [4.78, 5) is 15.8. The van der Waals surface area contributed by atoms with E-state index in [0.717, 1.165) is 28.5 Å². The van der Waals surface area contributed by atoms with E-state index in [4.69, 9.17) is 27.9 Å². The molecule has 0 saturated heterocycles. The first-order valence-electron chi connectivity index (χ1n) is 8.86. The van der Waals surface area contributed by atoms with E-state index in [-0.39, 0.29) is 11.8 Å². The molecule has 0 aliphatic heterocycles. The highest BCUT2D eigenvalue weighted by molar-refractivity contribution is 6.42. The smallest absolute Gasteiger partial charge is 0.220 e. The van der Waals surface area contributed by atoms with Gasteiger partial charge in [0.15, 0.2) is 0 Å². The zero-order valence-electron chi connectivity index (χ0n) is 15.1. The largest absolute Gasteiger partial charge is 0.385 e. The van der Waals surface area contributed by atoms with Gasteiger partial charge in [0.05, 0.1) is 10.0 Å². The number of hydrogen-bond acceptors (Lipinski definition) is 2. The predicted molar refractivity (Wildman–Crippen MR) is 111 cm³/mol. The van der Waals surface area contributed by atoms with Crippen LogP contribution >= 0.6 is 23.2 Å². The van der Waals surface area contributed by atoms with Crippen molar-refractivity contribution in [3.63, 3.8) is 0 Å². The molecule has 0 bridgehead atoms. The van der Waals surface area contributed by atoms with Crippen LogP contribution in [-0.2, 0) is 9.53 Å². The third-order valence-corrected chi connectivity index (χ3v) is 5.32. The summed E-state index contributed by atoms with van der Waals surface area (Å²) in [6.07, 6.45) is 3.08. The Labute approximate surface area is 168 Å². The second-order valence-electron chi connectivity index (χ2n) is 6.42. The van der Waals surface area contributed by atoms with E-state index >= 15 is 0 Å². The van der Waals surface area contributed by atoms with Gasteiger partial charge >= 0.3 is 0 Å². The van der Waals surface area contributed by atoms with E-state index < -0.39 is 0 Å². The molecule has 142 valence electrons. The van der Waals surface area contributed by atoms with Gasteiger partial charge in [-0.2, -0.15) is 0 Å². The van der Waals surface area contributed by atoms with E-state index in [9.17, 15) is 4.79 Å². The number of hydrogen-bond donors (Lipinski definition) is 2. The maximum absolute atomic E-state index is 12.6. The zero-order valence-corrected chi connectivity index (χ0v) is 16.6. The number of nitrogens with one attached hydrogen (secondary N) is 2. The number of carbonyl (C=O) groups excluding carboxylic acids is 1. The molecule has 1 amide bonds. The molecule has 3 rings (SSSR count). The molecule has 3 aromatic rings. The minimum absolute atomic E-state index is 0.00698. The van der Waals surface area contributed by atoms with Crippen molar-refractivity contribution in [1.82, 2.24) is 10.3 Å². The maximum Gasteiger partial charge on any atom is 0.220 e. The van der Waals surface area contributed by atoms with E-state index in [1.165, 1.54) is 0 Å². The van der Waals surface area contributed by atoms with Crippen molar-refractivity contribution < 1.29 is 9.53 Å². The fourth-order valence-electron chi connectivity index (χ4n) is 3.22. The lowest BCUT2D eigenvalue weighted by atomic mass is 9.88. The fraction of sp³-hybridized carbons (Fsp3) is 0.286. The van der Waals surface area contributed by atoms with Gasteiger partial charge in [-0.25, -0.2) is 0 Å². The first-order valence-corrected chi connectivity index (χ1v) is 9.62. The highest BCUT2D eigenvalue weighted by Crippen LogP contribution is 2.35. The Morgan fingerprint density at radius 2 is 2.00 bits per heavy atom. The van der Waals surface area contributed by atoms with Crippen LogP contribution < -0.4 is 5.32 Å². The predicted octanol–water partition coefficient (Wildman–Crippen LogP) is 5.15. The van der Waals surface area contributed by atoms with Crippen LogP contribution in [0.5, 0.6) is 0 Å². The monoisotopic (exact) mass is 404 g/mol. The van der Waals surface area contributed by atoms with Gasteiger partial charge in [0.25, 0.3) is 0 Å². The van der Waals surface area contributed by atoms with Crippen molar-refractivity contribution in [2.75, 3.05) is 20.3 Å². The summed E-state index contributed by atoms with van der Waals surface area (Å²) >= 11 is 12.3. The molecule has 0 aliphatic carbocycles. The van der Waals surface area contributed by atoms with Gasteiger partial charge in [0.2, 0.25) is 5.91 Å². The van der Waals surface area contributed by atoms with E-state index in [0.29, 0.717) is 29.6 Å². The van der Waals surface area contributed by atoms with Crippen LogP contribution in [0.4, 0.5) is 0 Å². The third kappa shape index (κ3) is 4.83. The molecule has 0 radical (unpaired) electrons. The quantitative estimate of drug-likeness (QED) is 0.510. The molecule has 27 heavy (non-hydrogen) atoms. The number of rotatable bonds is 8. The van der Waals surface area contributed by atoms with Crippen LogP contribution in [0.15, 0.2) is 48.7 Å². The number of carbonyl (C=O) groups is 1. The van der Waals surface area contributed by atoms with Crippen molar-refractivity contribution >= 4 is 40.0 Å². The minimum atomic E-state index is -0.127. The fourth-order valence-corrected chi connectivity index (χ4v) is 3.53. The maximum atomic E-state index is 12.6. The van der Waals surface area contributed by atoms with Gasteiger partial charge in [0, 0.05) is 49.7 Å². The summed E-state index contributed by atoms with van der Waals surface area (Å²) in [6, 6.07) is 13.6. The first kappa shape index (κ1) is 19.7. The van der Waals surface area contributed by atoms with E-state index in [1.54, 1.807) is 13.2 Å². The number of benzene rings is 2. The van der Waals surface area contributed by atoms with Gasteiger partial charge < -0.3 is 15.0 Å². The molecule has 2 N–H and O–H groups in total. The van der Waals surface area contributed by atoms with Gasteiger partial charge in [-0.05, 0) is 35.7 Å². The Bertz CT molecular complexity index is 923. The standard InChI is InChI=1S/C21H22Cl2N2O2/c1-27-10-4-9-24-21(26)12-16(14-7-8-18(22)19(23)11-14)17-13-25-20-6-3-2-5-15(17)20/h2-3,5-8,11,13,16,25H,4,9-10,12H2,1H3,(H,24,26)/t16-/m0/s1. The van der Waals surface area contributed by atoms with Crippen LogP contribution in [0.3, 0.4) is 0 Å². The Balaban J connectivity index is 1.89. The average molecular weight is 405 g/mol. The molecular weight excluding hydrogens is 383 g/mol. The third-order valence-electron chi connectivity index (χ3n) is 4.58. The van der Waals surface area contributed by atoms with Gasteiger partial charge in [-0.1, -0.05) is 47.5 Å². The number of aromatic amines is 1. The van der Waals surface area contributed by atoms with Crippen molar-refractivity contribution in [2.45, 2.75) is 18.8 Å². The Morgan fingerprint density at radius 3 is 2.78 bits per heavy atom.